The van der Waals surface area contributed by atoms with Gasteiger partial charge in [-0.2, -0.15) is 5.10 Å². The Balaban J connectivity index is 2.18. The van der Waals surface area contributed by atoms with Crippen LogP contribution in [-0.2, 0) is 16.6 Å². The van der Waals surface area contributed by atoms with Crippen LogP contribution < -0.4 is 5.32 Å². The maximum atomic E-state index is 12.1. The predicted octanol–water partition coefficient (Wildman–Crippen LogP) is 2.56. The van der Waals surface area contributed by atoms with Gasteiger partial charge in [0.05, 0.1) is 12.3 Å². The molecule has 2 rings (SSSR count). The molecule has 23 heavy (non-hydrogen) atoms. The molecule has 1 amide bonds. The fourth-order valence-electron chi connectivity index (χ4n) is 2.14. The summed E-state index contributed by atoms with van der Waals surface area (Å²) in [5, 5.41) is 6.85. The third kappa shape index (κ3) is 4.06. The summed E-state index contributed by atoms with van der Waals surface area (Å²) in [5.74, 6) is -0.522. The Morgan fingerprint density at radius 3 is 2.65 bits per heavy atom. The minimum absolute atomic E-state index is 0.258. The first kappa shape index (κ1) is 16.5. The van der Waals surface area contributed by atoms with Gasteiger partial charge < -0.3 is 10.1 Å². The van der Waals surface area contributed by atoms with Crippen LogP contribution in [0.5, 0.6) is 0 Å². The SMILES string of the molecule is CCOC(=O)c1c(C)nn(C)c1NC(=O)/C=C/c1ccccc1. The molecule has 0 saturated carbocycles. The smallest absolute Gasteiger partial charge is 0.343 e. The number of amides is 1. The van der Waals surface area contributed by atoms with E-state index in [4.69, 9.17) is 4.74 Å². The number of rotatable bonds is 5. The van der Waals surface area contributed by atoms with Crippen molar-refractivity contribution in [2.45, 2.75) is 13.8 Å². The maximum Gasteiger partial charge on any atom is 0.343 e. The molecule has 6 heteroatoms. The normalized spacial score (nSPS) is 10.7. The molecule has 0 spiro atoms. The molecular formula is C17H19N3O3. The summed E-state index contributed by atoms with van der Waals surface area (Å²) in [7, 11) is 1.66. The lowest BCUT2D eigenvalue weighted by molar-refractivity contribution is -0.111. The molecule has 6 nitrogen and oxygen atoms in total. The molecule has 0 aliphatic heterocycles. The van der Waals surface area contributed by atoms with Crippen LogP contribution in [0, 0.1) is 6.92 Å². The molecule has 0 aliphatic carbocycles. The first-order chi connectivity index (χ1) is 11.0. The first-order valence-electron chi connectivity index (χ1n) is 7.27. The van der Waals surface area contributed by atoms with E-state index in [0.717, 1.165) is 5.56 Å². The van der Waals surface area contributed by atoms with E-state index in [9.17, 15) is 9.59 Å². The van der Waals surface area contributed by atoms with Crippen molar-refractivity contribution >= 4 is 23.8 Å². The summed E-state index contributed by atoms with van der Waals surface area (Å²) in [6.07, 6.45) is 3.11. The molecule has 1 aromatic carbocycles. The summed E-state index contributed by atoms with van der Waals surface area (Å²) < 4.78 is 6.47. The lowest BCUT2D eigenvalue weighted by Gasteiger charge is -2.06. The summed E-state index contributed by atoms with van der Waals surface area (Å²) in [4.78, 5) is 24.1. The Kier molecular flexibility index (Phi) is 5.30. The van der Waals surface area contributed by atoms with Crippen LogP contribution in [0.15, 0.2) is 36.4 Å². The number of carbonyl (C=O) groups is 2. The zero-order chi connectivity index (χ0) is 16.8. The average Bonchev–Trinajstić information content (AvgIpc) is 2.80. The summed E-state index contributed by atoms with van der Waals surface area (Å²) >= 11 is 0. The summed E-state index contributed by atoms with van der Waals surface area (Å²) in [5.41, 5.74) is 1.69. The third-order valence-electron chi connectivity index (χ3n) is 3.17. The number of nitrogens with one attached hydrogen (secondary N) is 1. The second-order valence-corrected chi connectivity index (χ2v) is 4.89. The van der Waals surface area contributed by atoms with Crippen LogP contribution in [0.2, 0.25) is 0 Å². The maximum absolute atomic E-state index is 12.1. The number of ether oxygens (including phenoxy) is 1. The van der Waals surface area contributed by atoms with Crippen molar-refractivity contribution in [2.75, 3.05) is 11.9 Å². The van der Waals surface area contributed by atoms with Gasteiger partial charge in [0.2, 0.25) is 5.91 Å². The molecule has 120 valence electrons. The number of aryl methyl sites for hydroxylation is 2. The van der Waals surface area contributed by atoms with E-state index in [1.54, 1.807) is 27.0 Å². The van der Waals surface area contributed by atoms with Gasteiger partial charge in [-0.25, -0.2) is 4.79 Å². The van der Waals surface area contributed by atoms with Gasteiger partial charge in [0, 0.05) is 13.1 Å². The molecular weight excluding hydrogens is 294 g/mol. The second-order valence-electron chi connectivity index (χ2n) is 4.89. The van der Waals surface area contributed by atoms with Crippen LogP contribution in [-0.4, -0.2) is 28.3 Å². The largest absolute Gasteiger partial charge is 0.462 e. The number of anilines is 1. The molecule has 2 aromatic rings. The van der Waals surface area contributed by atoms with E-state index >= 15 is 0 Å². The van der Waals surface area contributed by atoms with Crippen molar-refractivity contribution < 1.29 is 14.3 Å². The van der Waals surface area contributed by atoms with Gasteiger partial charge in [-0.3, -0.25) is 9.48 Å². The topological polar surface area (TPSA) is 73.2 Å². The highest BCUT2D eigenvalue weighted by Gasteiger charge is 2.22. The van der Waals surface area contributed by atoms with Crippen molar-refractivity contribution in [1.29, 1.82) is 0 Å². The van der Waals surface area contributed by atoms with Gasteiger partial charge in [-0.05, 0) is 25.5 Å². The number of hydrogen-bond donors (Lipinski definition) is 1. The van der Waals surface area contributed by atoms with E-state index in [1.807, 2.05) is 30.3 Å². The van der Waals surface area contributed by atoms with Gasteiger partial charge in [-0.15, -0.1) is 0 Å². The van der Waals surface area contributed by atoms with Crippen molar-refractivity contribution in [3.63, 3.8) is 0 Å². The van der Waals surface area contributed by atoms with E-state index in [-0.39, 0.29) is 18.1 Å². The first-order valence-corrected chi connectivity index (χ1v) is 7.27. The highest BCUT2D eigenvalue weighted by atomic mass is 16.5. The number of carbonyl (C=O) groups excluding carboxylic acids is 2. The summed E-state index contributed by atoms with van der Waals surface area (Å²) in [6.45, 7) is 3.68. The van der Waals surface area contributed by atoms with E-state index < -0.39 is 5.97 Å². The minimum Gasteiger partial charge on any atom is -0.462 e. The molecule has 1 aromatic heterocycles. The number of nitrogens with zero attached hydrogens (tertiary/aromatic N) is 2. The lowest BCUT2D eigenvalue weighted by Crippen LogP contribution is -2.15. The Bertz CT molecular complexity index is 733. The summed E-state index contributed by atoms with van der Waals surface area (Å²) in [6, 6.07) is 9.47. The van der Waals surface area contributed by atoms with Crippen LogP contribution in [0.25, 0.3) is 6.08 Å². The van der Waals surface area contributed by atoms with Crippen molar-refractivity contribution in [3.05, 3.63) is 53.2 Å². The van der Waals surface area contributed by atoms with E-state index in [2.05, 4.69) is 10.4 Å². The fourth-order valence-corrected chi connectivity index (χ4v) is 2.14. The number of hydrogen-bond acceptors (Lipinski definition) is 4. The highest BCUT2D eigenvalue weighted by Crippen LogP contribution is 2.20. The van der Waals surface area contributed by atoms with E-state index in [1.165, 1.54) is 10.8 Å². The Morgan fingerprint density at radius 2 is 2.00 bits per heavy atom. The second kappa shape index (κ2) is 7.40. The van der Waals surface area contributed by atoms with Gasteiger partial charge in [0.15, 0.2) is 0 Å². The van der Waals surface area contributed by atoms with Crippen molar-refractivity contribution in [2.24, 2.45) is 7.05 Å². The molecule has 1 N–H and O–H groups in total. The molecule has 0 saturated heterocycles. The van der Waals surface area contributed by atoms with Crippen molar-refractivity contribution in [1.82, 2.24) is 9.78 Å². The minimum atomic E-state index is -0.500. The van der Waals surface area contributed by atoms with Gasteiger partial charge in [-0.1, -0.05) is 30.3 Å². The predicted molar refractivity (Wildman–Crippen MR) is 88.0 cm³/mol. The molecule has 0 fully saturated rings. The number of esters is 1. The van der Waals surface area contributed by atoms with Crippen LogP contribution in [0.1, 0.15) is 28.5 Å². The monoisotopic (exact) mass is 313 g/mol. The highest BCUT2D eigenvalue weighted by molar-refractivity contribution is 6.06. The average molecular weight is 313 g/mol. The van der Waals surface area contributed by atoms with Gasteiger partial charge in [0.25, 0.3) is 0 Å². The standard InChI is InChI=1S/C17H19N3O3/c1-4-23-17(22)15-12(2)19-20(3)16(15)18-14(21)11-10-13-8-6-5-7-9-13/h5-11H,4H2,1-3H3,(H,18,21)/b11-10+. The Hall–Kier alpha value is -2.89. The lowest BCUT2D eigenvalue weighted by atomic mass is 10.2. The molecule has 0 aliphatic rings. The Labute approximate surface area is 134 Å². The van der Waals surface area contributed by atoms with E-state index in [0.29, 0.717) is 11.5 Å². The zero-order valence-corrected chi connectivity index (χ0v) is 13.4. The third-order valence-corrected chi connectivity index (χ3v) is 3.17. The molecule has 0 atom stereocenters. The van der Waals surface area contributed by atoms with Crippen LogP contribution >= 0.6 is 0 Å². The quantitative estimate of drug-likeness (QED) is 0.680. The van der Waals surface area contributed by atoms with Crippen LogP contribution in [0.4, 0.5) is 5.82 Å². The van der Waals surface area contributed by atoms with Gasteiger partial charge >= 0.3 is 5.97 Å². The van der Waals surface area contributed by atoms with Gasteiger partial charge in [0.1, 0.15) is 11.4 Å². The molecule has 0 radical (unpaired) electrons. The molecule has 1 heterocycles. The molecule has 0 unspecified atom stereocenters. The Morgan fingerprint density at radius 1 is 1.30 bits per heavy atom. The zero-order valence-electron chi connectivity index (χ0n) is 13.4. The number of benzene rings is 1. The molecule has 0 bridgehead atoms. The van der Waals surface area contributed by atoms with Crippen molar-refractivity contribution in [3.8, 4) is 0 Å². The fraction of sp³-hybridized carbons (Fsp3) is 0.235. The number of aromatic nitrogens is 2. The van der Waals surface area contributed by atoms with Crippen LogP contribution in [0.3, 0.4) is 0 Å².